The lowest BCUT2D eigenvalue weighted by Gasteiger charge is -2.11. The van der Waals surface area contributed by atoms with Crippen molar-refractivity contribution in [3.63, 3.8) is 0 Å². The molecular formula is C21H21ClN4O2. The zero-order valence-electron chi connectivity index (χ0n) is 15.7. The lowest BCUT2D eigenvalue weighted by molar-refractivity contribution is -0.115. The number of hydrogen-bond donors (Lipinski definition) is 2. The SMILES string of the molecule is Cc1nn(-c2ccccc2)c(C)c1NC(=O)c1ccccc1NC(=O)CCCl. The number of para-hydroxylation sites is 2. The van der Waals surface area contributed by atoms with Crippen molar-refractivity contribution in [1.82, 2.24) is 9.78 Å². The summed E-state index contributed by atoms with van der Waals surface area (Å²) in [6, 6.07) is 16.6. The van der Waals surface area contributed by atoms with E-state index in [9.17, 15) is 9.59 Å². The van der Waals surface area contributed by atoms with Gasteiger partial charge in [-0.2, -0.15) is 5.10 Å². The van der Waals surface area contributed by atoms with Gasteiger partial charge in [0.1, 0.15) is 0 Å². The van der Waals surface area contributed by atoms with Crippen molar-refractivity contribution >= 4 is 34.8 Å². The zero-order chi connectivity index (χ0) is 20.1. The van der Waals surface area contributed by atoms with Crippen LogP contribution in [0.15, 0.2) is 54.6 Å². The van der Waals surface area contributed by atoms with Crippen LogP contribution in [-0.2, 0) is 4.79 Å². The summed E-state index contributed by atoms with van der Waals surface area (Å²) in [5.74, 6) is -0.336. The fourth-order valence-electron chi connectivity index (χ4n) is 2.91. The predicted molar refractivity (Wildman–Crippen MR) is 111 cm³/mol. The van der Waals surface area contributed by atoms with Crippen LogP contribution in [0.1, 0.15) is 28.2 Å². The second-order valence-corrected chi connectivity index (χ2v) is 6.66. The molecule has 6 nitrogen and oxygen atoms in total. The molecular weight excluding hydrogens is 376 g/mol. The van der Waals surface area contributed by atoms with E-state index in [0.29, 0.717) is 22.6 Å². The Hall–Kier alpha value is -3.12. The molecule has 0 atom stereocenters. The fraction of sp³-hybridized carbons (Fsp3) is 0.190. The summed E-state index contributed by atoms with van der Waals surface area (Å²) < 4.78 is 1.79. The van der Waals surface area contributed by atoms with Crippen LogP contribution < -0.4 is 10.6 Å². The van der Waals surface area contributed by atoms with Crippen LogP contribution in [-0.4, -0.2) is 27.5 Å². The number of hydrogen-bond acceptors (Lipinski definition) is 3. The summed E-state index contributed by atoms with van der Waals surface area (Å²) in [7, 11) is 0. The topological polar surface area (TPSA) is 76.0 Å². The largest absolute Gasteiger partial charge is 0.325 e. The molecule has 0 bridgehead atoms. The molecule has 28 heavy (non-hydrogen) atoms. The van der Waals surface area contributed by atoms with E-state index < -0.39 is 0 Å². The van der Waals surface area contributed by atoms with E-state index in [0.717, 1.165) is 11.4 Å². The van der Waals surface area contributed by atoms with Crippen LogP contribution in [0.2, 0.25) is 0 Å². The lowest BCUT2D eigenvalue weighted by Crippen LogP contribution is -2.18. The Morgan fingerprint density at radius 2 is 1.68 bits per heavy atom. The predicted octanol–water partition coefficient (Wildman–Crippen LogP) is 4.31. The van der Waals surface area contributed by atoms with Gasteiger partial charge in [0, 0.05) is 12.3 Å². The Labute approximate surface area is 168 Å². The van der Waals surface area contributed by atoms with E-state index >= 15 is 0 Å². The number of aromatic nitrogens is 2. The standard InChI is InChI=1S/C21H21ClN4O2/c1-14-20(15(2)26(25-14)16-8-4-3-5-9-16)24-21(28)17-10-6-7-11-18(17)23-19(27)12-13-22/h3-11H,12-13H2,1-2H3,(H,23,27)(H,24,28). The summed E-state index contributed by atoms with van der Waals surface area (Å²) in [5.41, 5.74) is 3.91. The minimum absolute atomic E-state index is 0.180. The third kappa shape index (κ3) is 4.23. The number of rotatable bonds is 6. The first kappa shape index (κ1) is 19.6. The Kier molecular flexibility index (Phi) is 6.11. The molecule has 3 aromatic rings. The first-order valence-electron chi connectivity index (χ1n) is 8.89. The van der Waals surface area contributed by atoms with Crippen LogP contribution in [0, 0.1) is 13.8 Å². The van der Waals surface area contributed by atoms with Gasteiger partial charge in [-0.1, -0.05) is 30.3 Å². The zero-order valence-corrected chi connectivity index (χ0v) is 16.5. The van der Waals surface area contributed by atoms with Gasteiger partial charge in [-0.25, -0.2) is 4.68 Å². The number of aryl methyl sites for hydroxylation is 1. The number of carbonyl (C=O) groups excluding carboxylic acids is 2. The summed E-state index contributed by atoms with van der Waals surface area (Å²) in [6.07, 6.45) is 0.180. The molecule has 0 saturated heterocycles. The normalized spacial score (nSPS) is 10.5. The molecule has 0 unspecified atom stereocenters. The molecule has 1 aromatic heterocycles. The molecule has 3 rings (SSSR count). The number of nitrogens with zero attached hydrogens (tertiary/aromatic N) is 2. The maximum absolute atomic E-state index is 12.9. The molecule has 0 aliphatic heterocycles. The van der Waals surface area contributed by atoms with E-state index in [1.54, 1.807) is 28.9 Å². The highest BCUT2D eigenvalue weighted by molar-refractivity contribution is 6.19. The van der Waals surface area contributed by atoms with E-state index in [4.69, 9.17) is 11.6 Å². The lowest BCUT2D eigenvalue weighted by atomic mass is 10.1. The number of benzene rings is 2. The van der Waals surface area contributed by atoms with E-state index in [2.05, 4.69) is 15.7 Å². The fourth-order valence-corrected chi connectivity index (χ4v) is 3.09. The average molecular weight is 397 g/mol. The molecule has 1 heterocycles. The Morgan fingerprint density at radius 3 is 2.39 bits per heavy atom. The molecule has 0 fully saturated rings. The number of alkyl halides is 1. The Bertz CT molecular complexity index is 999. The van der Waals surface area contributed by atoms with Crippen molar-refractivity contribution in [3.8, 4) is 5.69 Å². The van der Waals surface area contributed by atoms with Gasteiger partial charge in [0.25, 0.3) is 5.91 Å². The van der Waals surface area contributed by atoms with Gasteiger partial charge in [-0.15, -0.1) is 11.6 Å². The Balaban J connectivity index is 1.87. The molecule has 0 aliphatic carbocycles. The molecule has 0 radical (unpaired) electrons. The van der Waals surface area contributed by atoms with Crippen LogP contribution in [0.3, 0.4) is 0 Å². The maximum Gasteiger partial charge on any atom is 0.257 e. The van der Waals surface area contributed by atoms with E-state index in [1.807, 2.05) is 44.2 Å². The average Bonchev–Trinajstić information content (AvgIpc) is 2.97. The monoisotopic (exact) mass is 396 g/mol. The van der Waals surface area contributed by atoms with E-state index in [1.165, 1.54) is 0 Å². The number of anilines is 2. The highest BCUT2D eigenvalue weighted by Crippen LogP contribution is 2.25. The van der Waals surface area contributed by atoms with Crippen LogP contribution in [0.4, 0.5) is 11.4 Å². The number of amides is 2. The van der Waals surface area contributed by atoms with Gasteiger partial charge in [0.15, 0.2) is 0 Å². The summed E-state index contributed by atoms with van der Waals surface area (Å²) in [4.78, 5) is 24.8. The third-order valence-corrected chi connectivity index (χ3v) is 4.49. The second kappa shape index (κ2) is 8.71. The van der Waals surface area contributed by atoms with Gasteiger partial charge in [0.2, 0.25) is 5.91 Å². The molecule has 144 valence electrons. The van der Waals surface area contributed by atoms with Crippen molar-refractivity contribution in [2.24, 2.45) is 0 Å². The van der Waals surface area contributed by atoms with Crippen molar-refractivity contribution in [2.75, 3.05) is 16.5 Å². The third-order valence-electron chi connectivity index (χ3n) is 4.30. The smallest absolute Gasteiger partial charge is 0.257 e. The van der Waals surface area contributed by atoms with Crippen molar-refractivity contribution in [1.29, 1.82) is 0 Å². The summed E-state index contributed by atoms with van der Waals surface area (Å²) in [5, 5.41) is 10.2. The summed E-state index contributed by atoms with van der Waals surface area (Å²) in [6.45, 7) is 3.74. The number of halogens is 1. The molecule has 2 aromatic carbocycles. The van der Waals surface area contributed by atoms with Gasteiger partial charge < -0.3 is 10.6 Å². The second-order valence-electron chi connectivity index (χ2n) is 6.28. The maximum atomic E-state index is 12.9. The molecule has 0 spiro atoms. The van der Waals surface area contributed by atoms with Gasteiger partial charge in [-0.3, -0.25) is 9.59 Å². The van der Waals surface area contributed by atoms with Crippen molar-refractivity contribution < 1.29 is 9.59 Å². The van der Waals surface area contributed by atoms with Gasteiger partial charge in [0.05, 0.1) is 34.0 Å². The van der Waals surface area contributed by atoms with Crippen LogP contribution in [0.5, 0.6) is 0 Å². The van der Waals surface area contributed by atoms with Crippen molar-refractivity contribution in [3.05, 3.63) is 71.5 Å². The number of nitrogens with one attached hydrogen (secondary N) is 2. The highest BCUT2D eigenvalue weighted by atomic mass is 35.5. The molecule has 2 amide bonds. The van der Waals surface area contributed by atoms with Gasteiger partial charge in [-0.05, 0) is 38.1 Å². The molecule has 0 saturated carbocycles. The minimum Gasteiger partial charge on any atom is -0.325 e. The van der Waals surface area contributed by atoms with Crippen molar-refractivity contribution in [2.45, 2.75) is 20.3 Å². The first-order chi connectivity index (χ1) is 13.5. The quantitative estimate of drug-likeness (QED) is 0.609. The van der Waals surface area contributed by atoms with Gasteiger partial charge >= 0.3 is 0 Å². The van der Waals surface area contributed by atoms with Crippen LogP contribution in [0.25, 0.3) is 5.69 Å². The molecule has 2 N–H and O–H groups in total. The Morgan fingerprint density at radius 1 is 1.00 bits per heavy atom. The summed E-state index contributed by atoms with van der Waals surface area (Å²) >= 11 is 5.61. The molecule has 7 heteroatoms. The van der Waals surface area contributed by atoms with Crippen LogP contribution >= 0.6 is 11.6 Å². The minimum atomic E-state index is -0.319. The highest BCUT2D eigenvalue weighted by Gasteiger charge is 2.18. The number of carbonyl (C=O) groups is 2. The molecule has 0 aliphatic rings. The van der Waals surface area contributed by atoms with E-state index in [-0.39, 0.29) is 24.1 Å². The first-order valence-corrected chi connectivity index (χ1v) is 9.42.